The van der Waals surface area contributed by atoms with Crippen LogP contribution >= 0.6 is 0 Å². The van der Waals surface area contributed by atoms with Crippen LogP contribution in [0.4, 0.5) is 17.1 Å². The Morgan fingerprint density at radius 1 is 0.373 bits per heavy atom. The maximum atomic E-state index is 5.42. The van der Waals surface area contributed by atoms with Gasteiger partial charge in [-0.15, -0.1) is 0 Å². The van der Waals surface area contributed by atoms with Crippen LogP contribution in [-0.2, 0) is 0 Å². The molecule has 1 aromatic heterocycles. The monoisotopic (exact) mass is 646 g/mol. The van der Waals surface area contributed by atoms with Crippen molar-refractivity contribution < 1.29 is 0 Å². The van der Waals surface area contributed by atoms with Gasteiger partial charge in [-0.2, -0.15) is 0 Å². The number of benzene rings is 9. The molecule has 9 aromatic carbocycles. The highest BCUT2D eigenvalue weighted by Crippen LogP contribution is 2.56. The maximum absolute atomic E-state index is 5.42. The number of rotatable bonds is 3. The fraction of sp³-hybridized carbons (Fsp3) is 0. The van der Waals surface area contributed by atoms with Gasteiger partial charge >= 0.3 is 0 Å². The van der Waals surface area contributed by atoms with Crippen molar-refractivity contribution in [3.63, 3.8) is 0 Å². The van der Waals surface area contributed by atoms with Gasteiger partial charge in [-0.25, -0.2) is 4.98 Å². The van der Waals surface area contributed by atoms with E-state index in [1.807, 2.05) is 0 Å². The number of anilines is 3. The van der Waals surface area contributed by atoms with Crippen LogP contribution in [0.15, 0.2) is 182 Å². The molecular formula is C49H30N2. The van der Waals surface area contributed by atoms with Crippen molar-refractivity contribution in [2.45, 2.75) is 0 Å². The highest BCUT2D eigenvalue weighted by molar-refractivity contribution is 6.27. The van der Waals surface area contributed by atoms with Crippen LogP contribution < -0.4 is 4.90 Å². The number of hydrogen-bond acceptors (Lipinski definition) is 2. The standard InChI is InChI=1S/C49H30N2/c1-2-14-31(15-3-1)33-28-29-44-42(30-33)48-47-37(35-19-10-11-26-43(35)50-48)25-13-27-45(47)51(44)49-40-22-8-6-20-38(40)46(39-21-7-9-23-41(39)49)36-24-12-17-32-16-4-5-18-34(32)36/h1-30H. The molecule has 0 fully saturated rings. The highest BCUT2D eigenvalue weighted by Gasteiger charge is 2.31. The van der Waals surface area contributed by atoms with Gasteiger partial charge in [-0.3, -0.25) is 0 Å². The predicted octanol–water partition coefficient (Wildman–Crippen LogP) is 13.6. The lowest BCUT2D eigenvalue weighted by Crippen LogP contribution is -2.17. The van der Waals surface area contributed by atoms with E-state index in [9.17, 15) is 0 Å². The predicted molar refractivity (Wildman–Crippen MR) is 216 cm³/mol. The molecule has 1 aliphatic rings. The average molecular weight is 647 g/mol. The molecule has 0 spiro atoms. The highest BCUT2D eigenvalue weighted by atomic mass is 15.2. The summed E-state index contributed by atoms with van der Waals surface area (Å²) < 4.78 is 0. The van der Waals surface area contributed by atoms with E-state index in [0.717, 1.165) is 28.1 Å². The molecule has 51 heavy (non-hydrogen) atoms. The van der Waals surface area contributed by atoms with Crippen molar-refractivity contribution in [2.75, 3.05) is 4.90 Å². The van der Waals surface area contributed by atoms with Crippen molar-refractivity contribution in [3.8, 4) is 33.5 Å². The van der Waals surface area contributed by atoms with E-state index in [2.05, 4.69) is 187 Å². The minimum atomic E-state index is 1.01. The molecule has 11 rings (SSSR count). The quantitative estimate of drug-likeness (QED) is 0.140. The first-order valence-electron chi connectivity index (χ1n) is 17.6. The molecule has 2 heterocycles. The number of fused-ring (bicyclic) bond motifs is 7. The number of nitrogens with zero attached hydrogens (tertiary/aromatic N) is 2. The van der Waals surface area contributed by atoms with Gasteiger partial charge < -0.3 is 4.90 Å². The topological polar surface area (TPSA) is 16.1 Å². The number of hydrogen-bond donors (Lipinski definition) is 0. The van der Waals surface area contributed by atoms with E-state index in [4.69, 9.17) is 4.98 Å². The van der Waals surface area contributed by atoms with Crippen molar-refractivity contribution in [3.05, 3.63) is 182 Å². The third kappa shape index (κ3) is 4.08. The fourth-order valence-corrected chi connectivity index (χ4v) is 8.55. The minimum absolute atomic E-state index is 1.01. The second-order valence-corrected chi connectivity index (χ2v) is 13.5. The summed E-state index contributed by atoms with van der Waals surface area (Å²) in [5.41, 5.74) is 11.5. The SMILES string of the molecule is c1ccc(-c2ccc3c(c2)-c2nc4ccccc4c4cccc(c24)N3c2c3ccccc3c(-c3cccc4ccccc34)c3ccccc23)cc1. The summed E-state index contributed by atoms with van der Waals surface area (Å²) in [4.78, 5) is 7.94. The van der Waals surface area contributed by atoms with E-state index in [0.29, 0.717) is 0 Å². The molecule has 1 aliphatic heterocycles. The molecule has 0 unspecified atom stereocenters. The lowest BCUT2D eigenvalue weighted by atomic mass is 9.86. The number of para-hydroxylation sites is 1. The van der Waals surface area contributed by atoms with Crippen LogP contribution in [0.3, 0.4) is 0 Å². The summed E-state index contributed by atoms with van der Waals surface area (Å²) in [5, 5.41) is 11.0. The molecule has 0 saturated heterocycles. The second kappa shape index (κ2) is 10.9. The smallest absolute Gasteiger partial charge is 0.0830 e. The normalized spacial score (nSPS) is 12.3. The number of pyridine rings is 1. The second-order valence-electron chi connectivity index (χ2n) is 13.5. The number of aromatic nitrogens is 1. The summed E-state index contributed by atoms with van der Waals surface area (Å²) >= 11 is 0. The zero-order valence-corrected chi connectivity index (χ0v) is 27.7. The summed E-state index contributed by atoms with van der Waals surface area (Å²) in [6, 6.07) is 66.2. The molecule has 0 N–H and O–H groups in total. The Labute approximate surface area is 295 Å². The Morgan fingerprint density at radius 3 is 1.76 bits per heavy atom. The van der Waals surface area contributed by atoms with Crippen molar-refractivity contribution >= 4 is 71.1 Å². The molecule has 2 nitrogen and oxygen atoms in total. The molecule has 0 atom stereocenters. The molecule has 0 radical (unpaired) electrons. The largest absolute Gasteiger partial charge is 0.308 e. The van der Waals surface area contributed by atoms with Gasteiger partial charge in [0.15, 0.2) is 0 Å². The zero-order chi connectivity index (χ0) is 33.5. The van der Waals surface area contributed by atoms with E-state index < -0.39 is 0 Å². The van der Waals surface area contributed by atoms with E-state index in [1.54, 1.807) is 0 Å². The first-order valence-corrected chi connectivity index (χ1v) is 17.6. The van der Waals surface area contributed by atoms with E-state index in [1.165, 1.54) is 76.4 Å². The van der Waals surface area contributed by atoms with Crippen LogP contribution in [0.1, 0.15) is 0 Å². The van der Waals surface area contributed by atoms with E-state index in [-0.39, 0.29) is 0 Å². The van der Waals surface area contributed by atoms with Gasteiger partial charge in [0.25, 0.3) is 0 Å². The van der Waals surface area contributed by atoms with Gasteiger partial charge in [-0.1, -0.05) is 158 Å². The Kier molecular flexibility index (Phi) is 5.99. The third-order valence-electron chi connectivity index (χ3n) is 10.7. The van der Waals surface area contributed by atoms with Gasteiger partial charge in [0.2, 0.25) is 0 Å². The molecule has 10 aromatic rings. The van der Waals surface area contributed by atoms with Crippen molar-refractivity contribution in [1.29, 1.82) is 0 Å². The molecule has 0 aliphatic carbocycles. The van der Waals surface area contributed by atoms with Gasteiger partial charge in [-0.05, 0) is 73.5 Å². The maximum Gasteiger partial charge on any atom is 0.0830 e. The average Bonchev–Trinajstić information content (AvgIpc) is 3.20. The van der Waals surface area contributed by atoms with Gasteiger partial charge in [0.1, 0.15) is 0 Å². The van der Waals surface area contributed by atoms with Crippen molar-refractivity contribution in [1.82, 2.24) is 4.98 Å². The Bertz CT molecular complexity index is 2970. The lowest BCUT2D eigenvalue weighted by Gasteiger charge is -2.35. The third-order valence-corrected chi connectivity index (χ3v) is 10.7. The molecule has 2 heteroatoms. The van der Waals surface area contributed by atoms with Crippen LogP contribution in [-0.4, -0.2) is 4.98 Å². The fourth-order valence-electron chi connectivity index (χ4n) is 8.55. The zero-order valence-electron chi connectivity index (χ0n) is 27.7. The van der Waals surface area contributed by atoms with Crippen LogP contribution in [0.5, 0.6) is 0 Å². The summed E-state index contributed by atoms with van der Waals surface area (Å²) in [6.07, 6.45) is 0. The first kappa shape index (κ1) is 28.1. The van der Waals surface area contributed by atoms with Crippen LogP contribution in [0, 0.1) is 0 Å². The van der Waals surface area contributed by atoms with Gasteiger partial charge in [0, 0.05) is 27.1 Å². The Morgan fingerprint density at radius 2 is 0.980 bits per heavy atom. The molecular weight excluding hydrogens is 617 g/mol. The Balaban J connectivity index is 1.30. The molecule has 0 amide bonds. The molecule has 0 bridgehead atoms. The van der Waals surface area contributed by atoms with E-state index >= 15 is 0 Å². The van der Waals surface area contributed by atoms with Crippen LogP contribution in [0.2, 0.25) is 0 Å². The van der Waals surface area contributed by atoms with Crippen LogP contribution in [0.25, 0.3) is 87.5 Å². The Hall–Kier alpha value is -6.77. The summed E-state index contributed by atoms with van der Waals surface area (Å²) in [6.45, 7) is 0. The lowest BCUT2D eigenvalue weighted by molar-refractivity contribution is 1.28. The molecule has 236 valence electrons. The minimum Gasteiger partial charge on any atom is -0.308 e. The summed E-state index contributed by atoms with van der Waals surface area (Å²) in [7, 11) is 0. The first-order chi connectivity index (χ1) is 25.3. The van der Waals surface area contributed by atoms with Gasteiger partial charge in [0.05, 0.1) is 28.3 Å². The summed E-state index contributed by atoms with van der Waals surface area (Å²) in [5.74, 6) is 0. The van der Waals surface area contributed by atoms with Crippen molar-refractivity contribution in [2.24, 2.45) is 0 Å². The molecule has 0 saturated carbocycles.